The zero-order chi connectivity index (χ0) is 10.7. The summed E-state index contributed by atoms with van der Waals surface area (Å²) in [6.07, 6.45) is 3.50. The first kappa shape index (κ1) is 10.2. The van der Waals surface area contributed by atoms with Crippen molar-refractivity contribution in [2.45, 2.75) is 19.8 Å². The summed E-state index contributed by atoms with van der Waals surface area (Å²) in [7, 11) is 0. The van der Waals surface area contributed by atoms with Gasteiger partial charge in [-0.25, -0.2) is 0 Å². The highest BCUT2D eigenvalue weighted by atomic mass is 16.1. The van der Waals surface area contributed by atoms with E-state index in [2.05, 4.69) is 11.8 Å². The van der Waals surface area contributed by atoms with Gasteiger partial charge in [-0.15, -0.1) is 0 Å². The molecule has 0 unspecified atom stereocenters. The van der Waals surface area contributed by atoms with Crippen LogP contribution in [0.15, 0.2) is 24.3 Å². The van der Waals surface area contributed by atoms with Gasteiger partial charge in [0.25, 0.3) is 0 Å². The van der Waals surface area contributed by atoms with Crippen molar-refractivity contribution in [2.24, 2.45) is 5.92 Å². The molecule has 1 aromatic carbocycles. The van der Waals surface area contributed by atoms with E-state index in [0.29, 0.717) is 0 Å². The van der Waals surface area contributed by atoms with Gasteiger partial charge in [-0.05, 0) is 43.0 Å². The molecule has 1 atom stereocenters. The maximum absolute atomic E-state index is 10.5. The van der Waals surface area contributed by atoms with E-state index >= 15 is 0 Å². The Kier molecular flexibility index (Phi) is 3.05. The molecule has 0 saturated carbocycles. The fraction of sp³-hybridized carbons (Fsp3) is 0.462. The van der Waals surface area contributed by atoms with Crippen molar-refractivity contribution in [1.82, 2.24) is 0 Å². The van der Waals surface area contributed by atoms with Crippen molar-refractivity contribution < 1.29 is 4.79 Å². The van der Waals surface area contributed by atoms with E-state index in [0.717, 1.165) is 30.9 Å². The van der Waals surface area contributed by atoms with Crippen LogP contribution >= 0.6 is 0 Å². The number of carbonyl (C=O) groups is 1. The monoisotopic (exact) mass is 203 g/mol. The molecule has 2 heteroatoms. The second kappa shape index (κ2) is 4.47. The summed E-state index contributed by atoms with van der Waals surface area (Å²) in [4.78, 5) is 12.9. The second-order valence-electron chi connectivity index (χ2n) is 4.40. The third-order valence-corrected chi connectivity index (χ3v) is 3.05. The average Bonchev–Trinajstić information content (AvgIpc) is 2.29. The molecule has 0 N–H and O–H groups in total. The highest BCUT2D eigenvalue weighted by molar-refractivity contribution is 5.75. The summed E-state index contributed by atoms with van der Waals surface area (Å²) < 4.78 is 0. The van der Waals surface area contributed by atoms with Gasteiger partial charge in [-0.2, -0.15) is 0 Å². The molecule has 2 rings (SSSR count). The van der Waals surface area contributed by atoms with E-state index in [1.165, 1.54) is 18.5 Å². The first-order valence-electron chi connectivity index (χ1n) is 5.60. The molecule has 1 aliphatic rings. The van der Waals surface area contributed by atoms with Crippen molar-refractivity contribution in [3.63, 3.8) is 0 Å². The number of hydrogen-bond donors (Lipinski definition) is 0. The zero-order valence-electron chi connectivity index (χ0n) is 9.15. The minimum absolute atomic E-state index is 0.754. The van der Waals surface area contributed by atoms with Crippen LogP contribution < -0.4 is 4.90 Å². The van der Waals surface area contributed by atoms with Crippen LogP contribution in [0.1, 0.15) is 30.1 Å². The van der Waals surface area contributed by atoms with Crippen LogP contribution in [0.2, 0.25) is 0 Å². The summed E-state index contributed by atoms with van der Waals surface area (Å²) in [6, 6.07) is 7.87. The molecule has 1 fully saturated rings. The van der Waals surface area contributed by atoms with E-state index in [1.807, 2.05) is 24.3 Å². The number of rotatable bonds is 2. The lowest BCUT2D eigenvalue weighted by atomic mass is 9.99. The highest BCUT2D eigenvalue weighted by Crippen LogP contribution is 2.22. The van der Waals surface area contributed by atoms with Gasteiger partial charge in [-0.3, -0.25) is 4.79 Å². The van der Waals surface area contributed by atoms with E-state index < -0.39 is 0 Å². The van der Waals surface area contributed by atoms with Crippen molar-refractivity contribution in [3.8, 4) is 0 Å². The van der Waals surface area contributed by atoms with E-state index in [1.54, 1.807) is 0 Å². The molecule has 15 heavy (non-hydrogen) atoms. The minimum Gasteiger partial charge on any atom is -0.371 e. The Bertz CT molecular complexity index is 331. The lowest BCUT2D eigenvalue weighted by Crippen LogP contribution is -2.34. The average molecular weight is 203 g/mol. The summed E-state index contributed by atoms with van der Waals surface area (Å²) >= 11 is 0. The Balaban J connectivity index is 2.11. The van der Waals surface area contributed by atoms with Crippen molar-refractivity contribution in [1.29, 1.82) is 0 Å². The number of piperidine rings is 1. The van der Waals surface area contributed by atoms with E-state index in [9.17, 15) is 4.79 Å². The smallest absolute Gasteiger partial charge is 0.150 e. The molecule has 1 heterocycles. The summed E-state index contributed by atoms with van der Waals surface area (Å²) in [5, 5.41) is 0. The first-order chi connectivity index (χ1) is 7.29. The lowest BCUT2D eigenvalue weighted by molar-refractivity contribution is 0.112. The summed E-state index contributed by atoms with van der Waals surface area (Å²) in [6.45, 7) is 4.58. The van der Waals surface area contributed by atoms with Crippen molar-refractivity contribution >= 4 is 12.0 Å². The fourth-order valence-corrected chi connectivity index (χ4v) is 2.19. The van der Waals surface area contributed by atoms with Crippen molar-refractivity contribution in [3.05, 3.63) is 29.8 Å². The van der Waals surface area contributed by atoms with Gasteiger partial charge in [0, 0.05) is 24.3 Å². The van der Waals surface area contributed by atoms with Crippen molar-refractivity contribution in [2.75, 3.05) is 18.0 Å². The minimum atomic E-state index is 0.754. The van der Waals surface area contributed by atoms with Crippen LogP contribution in [-0.2, 0) is 0 Å². The largest absolute Gasteiger partial charge is 0.371 e. The molecule has 1 aliphatic heterocycles. The predicted molar refractivity (Wildman–Crippen MR) is 62.4 cm³/mol. The Morgan fingerprint density at radius 3 is 2.67 bits per heavy atom. The summed E-state index contributed by atoms with van der Waals surface area (Å²) in [5.74, 6) is 0.782. The number of hydrogen-bond acceptors (Lipinski definition) is 2. The van der Waals surface area contributed by atoms with Crippen LogP contribution in [-0.4, -0.2) is 19.4 Å². The Morgan fingerprint density at radius 1 is 1.33 bits per heavy atom. The van der Waals surface area contributed by atoms with Crippen LogP contribution in [0.5, 0.6) is 0 Å². The Labute approximate surface area is 90.9 Å². The number of nitrogens with zero attached hydrogens (tertiary/aromatic N) is 1. The molecular weight excluding hydrogens is 186 g/mol. The van der Waals surface area contributed by atoms with Crippen LogP contribution in [0.3, 0.4) is 0 Å². The topological polar surface area (TPSA) is 20.3 Å². The van der Waals surface area contributed by atoms with Gasteiger partial charge in [0.15, 0.2) is 0 Å². The normalized spacial score (nSPS) is 21.4. The quantitative estimate of drug-likeness (QED) is 0.689. The SMILES string of the molecule is C[C@@H]1CCCN(c2ccc(C=O)cc2)C1. The first-order valence-corrected chi connectivity index (χ1v) is 5.60. The van der Waals surface area contributed by atoms with Crippen LogP contribution in [0.4, 0.5) is 5.69 Å². The number of aldehydes is 1. The molecule has 1 aromatic rings. The Morgan fingerprint density at radius 2 is 2.07 bits per heavy atom. The third-order valence-electron chi connectivity index (χ3n) is 3.05. The second-order valence-corrected chi connectivity index (χ2v) is 4.40. The van der Waals surface area contributed by atoms with Crippen LogP contribution in [0, 0.1) is 5.92 Å². The fourth-order valence-electron chi connectivity index (χ4n) is 2.19. The molecule has 0 bridgehead atoms. The molecule has 0 amide bonds. The third kappa shape index (κ3) is 2.38. The van der Waals surface area contributed by atoms with Gasteiger partial charge in [-0.1, -0.05) is 6.92 Å². The van der Waals surface area contributed by atoms with Gasteiger partial charge < -0.3 is 4.90 Å². The number of benzene rings is 1. The standard InChI is InChI=1S/C13H17NO/c1-11-3-2-8-14(9-11)13-6-4-12(10-15)5-7-13/h4-7,10-11H,2-3,8-9H2,1H3/t11-/m1/s1. The molecule has 2 nitrogen and oxygen atoms in total. The van der Waals surface area contributed by atoms with Gasteiger partial charge in [0.1, 0.15) is 6.29 Å². The number of carbonyl (C=O) groups excluding carboxylic acids is 1. The molecule has 80 valence electrons. The molecule has 0 aromatic heterocycles. The van der Waals surface area contributed by atoms with Gasteiger partial charge >= 0.3 is 0 Å². The Hall–Kier alpha value is -1.31. The van der Waals surface area contributed by atoms with E-state index in [-0.39, 0.29) is 0 Å². The molecular formula is C13H17NO. The van der Waals surface area contributed by atoms with Crippen LogP contribution in [0.25, 0.3) is 0 Å². The predicted octanol–water partition coefficient (Wildman–Crippen LogP) is 2.74. The molecule has 0 aliphatic carbocycles. The van der Waals surface area contributed by atoms with Gasteiger partial charge in [0.2, 0.25) is 0 Å². The number of anilines is 1. The maximum atomic E-state index is 10.5. The highest BCUT2D eigenvalue weighted by Gasteiger charge is 2.16. The van der Waals surface area contributed by atoms with Gasteiger partial charge in [0.05, 0.1) is 0 Å². The summed E-state index contributed by atoms with van der Waals surface area (Å²) in [5.41, 5.74) is 2.00. The molecule has 0 radical (unpaired) electrons. The zero-order valence-corrected chi connectivity index (χ0v) is 9.15. The van der Waals surface area contributed by atoms with E-state index in [4.69, 9.17) is 0 Å². The molecule has 0 spiro atoms. The maximum Gasteiger partial charge on any atom is 0.150 e. The molecule has 1 saturated heterocycles. The lowest BCUT2D eigenvalue weighted by Gasteiger charge is -2.32.